The van der Waals surface area contributed by atoms with Crippen LogP contribution in [0, 0.1) is 0 Å². The zero-order valence-corrected chi connectivity index (χ0v) is 27.3. The minimum atomic E-state index is 0.901. The molecule has 0 aliphatic heterocycles. The average molecular weight is 644 g/mol. The Kier molecular flexibility index (Phi) is 6.39. The third kappa shape index (κ3) is 4.55. The van der Waals surface area contributed by atoms with E-state index < -0.39 is 0 Å². The van der Waals surface area contributed by atoms with Crippen LogP contribution >= 0.6 is 11.3 Å². The van der Waals surface area contributed by atoms with Crippen LogP contribution in [-0.2, 0) is 0 Å². The number of hydrogen-bond acceptors (Lipinski definition) is 3. The first-order chi connectivity index (χ1) is 24.3. The molecule has 0 N–H and O–H groups in total. The predicted molar refractivity (Wildman–Crippen MR) is 210 cm³/mol. The van der Waals surface area contributed by atoms with E-state index in [1.165, 1.54) is 42.4 Å². The molecule has 0 saturated carbocycles. The zero-order chi connectivity index (χ0) is 32.3. The highest BCUT2D eigenvalue weighted by molar-refractivity contribution is 7.25. The number of nitrogens with zero attached hydrogens (tertiary/aromatic N) is 1. The summed E-state index contributed by atoms with van der Waals surface area (Å²) >= 11 is 1.86. The molecular weight excluding hydrogens is 615 g/mol. The Bertz CT molecular complexity index is 2810. The maximum absolute atomic E-state index is 6.62. The summed E-state index contributed by atoms with van der Waals surface area (Å²) in [5.74, 6) is 0. The molecule has 49 heavy (non-hydrogen) atoms. The Hall–Kier alpha value is -6.16. The fourth-order valence-corrected chi connectivity index (χ4v) is 8.52. The van der Waals surface area contributed by atoms with Crippen LogP contribution in [0.2, 0.25) is 0 Å². The highest BCUT2D eigenvalue weighted by Gasteiger charge is 2.20. The van der Waals surface area contributed by atoms with Crippen molar-refractivity contribution in [3.8, 4) is 22.3 Å². The molecule has 10 aromatic rings. The van der Waals surface area contributed by atoms with Gasteiger partial charge >= 0.3 is 0 Å². The van der Waals surface area contributed by atoms with Gasteiger partial charge in [0.05, 0.1) is 5.69 Å². The third-order valence-corrected chi connectivity index (χ3v) is 10.8. The van der Waals surface area contributed by atoms with E-state index in [9.17, 15) is 0 Å². The fraction of sp³-hybridized carbons (Fsp3) is 0. The van der Waals surface area contributed by atoms with E-state index in [-0.39, 0.29) is 0 Å². The SMILES string of the molecule is c1ccc(-c2ccc(N(c3ccc(-c4cccc5sc6ccccc6c45)cc3)c3cccc4ccc5c6ccccc6oc5c34)cc2)cc1. The van der Waals surface area contributed by atoms with Crippen LogP contribution in [0.1, 0.15) is 0 Å². The average Bonchev–Trinajstić information content (AvgIpc) is 3.75. The van der Waals surface area contributed by atoms with Crippen molar-refractivity contribution in [2.75, 3.05) is 4.90 Å². The minimum absolute atomic E-state index is 0.901. The van der Waals surface area contributed by atoms with Gasteiger partial charge in [0.1, 0.15) is 11.2 Å². The molecule has 0 aliphatic rings. The van der Waals surface area contributed by atoms with E-state index >= 15 is 0 Å². The normalized spacial score (nSPS) is 11.7. The molecule has 230 valence electrons. The van der Waals surface area contributed by atoms with E-state index in [1.54, 1.807) is 0 Å². The Labute approximate surface area is 287 Å². The Morgan fingerprint density at radius 2 is 1.06 bits per heavy atom. The van der Waals surface area contributed by atoms with Gasteiger partial charge < -0.3 is 9.32 Å². The molecule has 0 spiro atoms. The molecule has 2 aromatic heterocycles. The molecule has 8 aromatic carbocycles. The minimum Gasteiger partial charge on any atom is -0.455 e. The maximum Gasteiger partial charge on any atom is 0.145 e. The lowest BCUT2D eigenvalue weighted by atomic mass is 9.98. The second-order valence-corrected chi connectivity index (χ2v) is 13.6. The molecule has 0 bridgehead atoms. The molecule has 0 unspecified atom stereocenters. The highest BCUT2D eigenvalue weighted by atomic mass is 32.1. The van der Waals surface area contributed by atoms with E-state index in [4.69, 9.17) is 4.42 Å². The van der Waals surface area contributed by atoms with Gasteiger partial charge in [-0.15, -0.1) is 11.3 Å². The van der Waals surface area contributed by atoms with Crippen molar-refractivity contribution in [1.82, 2.24) is 0 Å². The summed E-state index contributed by atoms with van der Waals surface area (Å²) in [6, 6.07) is 63.1. The number of hydrogen-bond donors (Lipinski definition) is 0. The molecule has 2 nitrogen and oxygen atoms in total. The van der Waals surface area contributed by atoms with Crippen molar-refractivity contribution < 1.29 is 4.42 Å². The van der Waals surface area contributed by atoms with Gasteiger partial charge in [-0.25, -0.2) is 0 Å². The summed E-state index contributed by atoms with van der Waals surface area (Å²) < 4.78 is 9.26. The van der Waals surface area contributed by atoms with Crippen molar-refractivity contribution in [3.05, 3.63) is 176 Å². The van der Waals surface area contributed by atoms with Crippen molar-refractivity contribution in [2.45, 2.75) is 0 Å². The number of para-hydroxylation sites is 1. The van der Waals surface area contributed by atoms with Gasteiger partial charge in [-0.1, -0.05) is 121 Å². The van der Waals surface area contributed by atoms with Crippen LogP contribution in [-0.4, -0.2) is 0 Å². The molecular formula is C46H29NOS. The summed E-state index contributed by atoms with van der Waals surface area (Å²) in [5, 5.41) is 7.14. The summed E-state index contributed by atoms with van der Waals surface area (Å²) in [7, 11) is 0. The number of thiophene rings is 1. The summed E-state index contributed by atoms with van der Waals surface area (Å²) in [6.07, 6.45) is 0. The van der Waals surface area contributed by atoms with E-state index in [0.717, 1.165) is 49.8 Å². The van der Waals surface area contributed by atoms with E-state index in [0.29, 0.717) is 0 Å². The van der Waals surface area contributed by atoms with Crippen LogP contribution in [0.5, 0.6) is 0 Å². The largest absolute Gasteiger partial charge is 0.455 e. The molecule has 0 amide bonds. The first kappa shape index (κ1) is 27.9. The van der Waals surface area contributed by atoms with Gasteiger partial charge in [-0.2, -0.15) is 0 Å². The van der Waals surface area contributed by atoms with E-state index in [2.05, 4.69) is 175 Å². The molecule has 10 rings (SSSR count). The van der Waals surface area contributed by atoms with Gasteiger partial charge in [-0.3, -0.25) is 0 Å². The number of furan rings is 1. The molecule has 0 saturated heterocycles. The van der Waals surface area contributed by atoms with Crippen LogP contribution in [0.4, 0.5) is 17.1 Å². The Balaban J connectivity index is 1.17. The van der Waals surface area contributed by atoms with Gasteiger partial charge in [-0.05, 0) is 82.2 Å². The second kappa shape index (κ2) is 11.2. The number of fused-ring (bicyclic) bond motifs is 8. The van der Waals surface area contributed by atoms with Crippen molar-refractivity contribution in [1.29, 1.82) is 0 Å². The Morgan fingerprint density at radius 3 is 1.88 bits per heavy atom. The number of rotatable bonds is 5. The second-order valence-electron chi connectivity index (χ2n) is 12.5. The van der Waals surface area contributed by atoms with Crippen molar-refractivity contribution in [2.24, 2.45) is 0 Å². The van der Waals surface area contributed by atoms with Crippen LogP contribution in [0.15, 0.2) is 180 Å². The van der Waals surface area contributed by atoms with Gasteiger partial charge in [0.25, 0.3) is 0 Å². The van der Waals surface area contributed by atoms with Crippen LogP contribution < -0.4 is 4.90 Å². The van der Waals surface area contributed by atoms with Gasteiger partial charge in [0.2, 0.25) is 0 Å². The lowest BCUT2D eigenvalue weighted by Crippen LogP contribution is -2.10. The van der Waals surface area contributed by atoms with Crippen LogP contribution in [0.3, 0.4) is 0 Å². The molecule has 0 aliphatic carbocycles. The maximum atomic E-state index is 6.62. The number of anilines is 3. The van der Waals surface area contributed by atoms with Crippen molar-refractivity contribution >= 4 is 81.3 Å². The number of benzene rings is 8. The summed E-state index contributed by atoms with van der Waals surface area (Å²) in [5.41, 5.74) is 9.91. The lowest BCUT2D eigenvalue weighted by Gasteiger charge is -2.27. The van der Waals surface area contributed by atoms with Crippen molar-refractivity contribution in [3.63, 3.8) is 0 Å². The predicted octanol–water partition coefficient (Wildman–Crippen LogP) is 13.9. The zero-order valence-electron chi connectivity index (χ0n) is 26.5. The quantitative estimate of drug-likeness (QED) is 0.186. The monoisotopic (exact) mass is 643 g/mol. The topological polar surface area (TPSA) is 16.4 Å². The smallest absolute Gasteiger partial charge is 0.145 e. The standard InChI is InChI=1S/C46H29NOS/c1-2-10-30(11-3-1)31-20-25-34(26-21-31)47(40-16-8-12-33-24-29-38-37-13-4-6-17-41(37)48-46(38)44(33)40)35-27-22-32(23-28-35)36-15-9-19-43-45(36)39-14-5-7-18-42(39)49-43/h1-29H. The fourth-order valence-electron chi connectivity index (χ4n) is 7.39. The molecule has 3 heteroatoms. The first-order valence-corrected chi connectivity index (χ1v) is 17.4. The van der Waals surface area contributed by atoms with Gasteiger partial charge in [0, 0.05) is 47.7 Å². The lowest BCUT2D eigenvalue weighted by molar-refractivity contribution is 0.672. The van der Waals surface area contributed by atoms with Gasteiger partial charge in [0.15, 0.2) is 0 Å². The third-order valence-electron chi connectivity index (χ3n) is 9.68. The molecule has 2 heterocycles. The summed E-state index contributed by atoms with van der Waals surface area (Å²) in [6.45, 7) is 0. The highest BCUT2D eigenvalue weighted by Crippen LogP contribution is 2.45. The molecule has 0 radical (unpaired) electrons. The summed E-state index contributed by atoms with van der Waals surface area (Å²) in [4.78, 5) is 2.37. The first-order valence-electron chi connectivity index (χ1n) is 16.6. The van der Waals surface area contributed by atoms with Crippen LogP contribution in [0.25, 0.3) is 75.1 Å². The Morgan fingerprint density at radius 1 is 0.408 bits per heavy atom. The molecule has 0 atom stereocenters. The van der Waals surface area contributed by atoms with E-state index in [1.807, 2.05) is 17.4 Å². The molecule has 0 fully saturated rings.